The number of hydrogen-bond acceptors (Lipinski definition) is 2. The molecule has 0 fully saturated rings. The SMILES string of the molecule is CC1CC=CC=C1C(=O)O.CC1CCC=CN=C1c1ccccc1. The summed E-state index contributed by atoms with van der Waals surface area (Å²) in [6.45, 7) is 4.17. The molecule has 1 heterocycles. The fraction of sp³-hybridized carbons (Fsp3) is 0.333. The number of hydrogen-bond donors (Lipinski definition) is 1. The molecule has 2 atom stereocenters. The molecule has 0 bridgehead atoms. The van der Waals surface area contributed by atoms with Gasteiger partial charge >= 0.3 is 5.97 Å². The van der Waals surface area contributed by atoms with Crippen molar-refractivity contribution in [2.45, 2.75) is 33.1 Å². The van der Waals surface area contributed by atoms with E-state index in [1.165, 1.54) is 17.7 Å². The third kappa shape index (κ3) is 5.05. The van der Waals surface area contributed by atoms with E-state index in [0.29, 0.717) is 11.5 Å². The summed E-state index contributed by atoms with van der Waals surface area (Å²) >= 11 is 0. The maximum atomic E-state index is 10.5. The number of aliphatic carboxylic acids is 1. The Bertz CT molecular complexity index is 668. The van der Waals surface area contributed by atoms with Crippen molar-refractivity contribution in [3.8, 4) is 0 Å². The zero-order valence-electron chi connectivity index (χ0n) is 14.4. The van der Waals surface area contributed by atoms with Crippen LogP contribution in [-0.2, 0) is 4.79 Å². The Hall–Kier alpha value is -2.42. The first-order valence-electron chi connectivity index (χ1n) is 8.47. The van der Waals surface area contributed by atoms with Crippen molar-refractivity contribution >= 4 is 11.7 Å². The Morgan fingerprint density at radius 2 is 1.88 bits per heavy atom. The molecule has 3 nitrogen and oxygen atoms in total. The molecule has 0 saturated carbocycles. The van der Waals surface area contributed by atoms with Gasteiger partial charge in [0.25, 0.3) is 0 Å². The van der Waals surface area contributed by atoms with E-state index in [0.717, 1.165) is 12.8 Å². The van der Waals surface area contributed by atoms with Crippen LogP contribution >= 0.6 is 0 Å². The van der Waals surface area contributed by atoms with Crippen LogP contribution in [0.4, 0.5) is 0 Å². The first kappa shape index (κ1) is 17.9. The van der Waals surface area contributed by atoms with Gasteiger partial charge in [0, 0.05) is 11.8 Å². The van der Waals surface area contributed by atoms with Crippen LogP contribution in [-0.4, -0.2) is 16.8 Å². The molecule has 2 aliphatic rings. The van der Waals surface area contributed by atoms with Gasteiger partial charge in [-0.3, -0.25) is 4.99 Å². The maximum Gasteiger partial charge on any atom is 0.331 e. The third-order valence-electron chi connectivity index (χ3n) is 4.30. The van der Waals surface area contributed by atoms with E-state index in [-0.39, 0.29) is 5.92 Å². The summed E-state index contributed by atoms with van der Waals surface area (Å²) in [5.41, 5.74) is 2.99. The minimum atomic E-state index is -0.795. The molecule has 1 aromatic carbocycles. The van der Waals surface area contributed by atoms with Crippen LogP contribution < -0.4 is 0 Å². The van der Waals surface area contributed by atoms with E-state index >= 15 is 0 Å². The lowest BCUT2D eigenvalue weighted by molar-refractivity contribution is -0.133. The Kier molecular flexibility index (Phi) is 6.74. The molecule has 3 heteroatoms. The van der Waals surface area contributed by atoms with Crippen LogP contribution in [0.5, 0.6) is 0 Å². The predicted octanol–water partition coefficient (Wildman–Crippen LogP) is 5.01. The van der Waals surface area contributed by atoms with Gasteiger partial charge in [0.15, 0.2) is 0 Å². The molecule has 1 aliphatic carbocycles. The molecule has 1 aromatic rings. The van der Waals surface area contributed by atoms with Crippen molar-refractivity contribution in [3.05, 3.63) is 72.0 Å². The summed E-state index contributed by atoms with van der Waals surface area (Å²) in [6, 6.07) is 10.4. The fourth-order valence-corrected chi connectivity index (χ4v) is 2.81. The van der Waals surface area contributed by atoms with Crippen LogP contribution in [0.15, 0.2) is 71.4 Å². The number of carbonyl (C=O) groups is 1. The average molecular weight is 323 g/mol. The summed E-state index contributed by atoms with van der Waals surface area (Å²) in [5, 5.41) is 8.61. The minimum absolute atomic E-state index is 0.169. The Balaban J connectivity index is 0.000000185. The Morgan fingerprint density at radius 3 is 2.50 bits per heavy atom. The third-order valence-corrected chi connectivity index (χ3v) is 4.30. The summed E-state index contributed by atoms with van der Waals surface area (Å²) in [5.74, 6) is -0.0632. The van der Waals surface area contributed by atoms with E-state index in [1.54, 1.807) is 12.2 Å². The molecule has 0 saturated heterocycles. The summed E-state index contributed by atoms with van der Waals surface area (Å²) in [7, 11) is 0. The molecule has 3 rings (SSSR count). The number of rotatable bonds is 2. The van der Waals surface area contributed by atoms with Crippen LogP contribution in [0.25, 0.3) is 0 Å². The van der Waals surface area contributed by atoms with E-state index in [9.17, 15) is 4.79 Å². The van der Waals surface area contributed by atoms with E-state index in [2.05, 4.69) is 42.3 Å². The average Bonchev–Trinajstić information content (AvgIpc) is 2.81. The summed E-state index contributed by atoms with van der Waals surface area (Å²) in [6.07, 6.45) is 12.7. The van der Waals surface area contributed by atoms with Gasteiger partial charge in [0.2, 0.25) is 0 Å². The predicted molar refractivity (Wildman–Crippen MR) is 99.2 cm³/mol. The van der Waals surface area contributed by atoms with Gasteiger partial charge in [0.1, 0.15) is 0 Å². The molecule has 126 valence electrons. The highest BCUT2D eigenvalue weighted by atomic mass is 16.4. The normalized spacial score (nSPS) is 22.6. The number of nitrogens with zero attached hydrogens (tertiary/aromatic N) is 1. The lowest BCUT2D eigenvalue weighted by Crippen LogP contribution is -2.11. The second-order valence-corrected chi connectivity index (χ2v) is 6.24. The van der Waals surface area contributed by atoms with E-state index in [4.69, 9.17) is 5.11 Å². The quantitative estimate of drug-likeness (QED) is 0.831. The second-order valence-electron chi connectivity index (χ2n) is 6.24. The zero-order valence-corrected chi connectivity index (χ0v) is 14.4. The molecule has 0 aromatic heterocycles. The lowest BCUT2D eigenvalue weighted by Gasteiger charge is -2.11. The topological polar surface area (TPSA) is 49.7 Å². The molecule has 1 aliphatic heterocycles. The van der Waals surface area contributed by atoms with Crippen LogP contribution in [0.3, 0.4) is 0 Å². The number of benzene rings is 1. The van der Waals surface area contributed by atoms with Gasteiger partial charge in [-0.05, 0) is 36.7 Å². The summed E-state index contributed by atoms with van der Waals surface area (Å²) < 4.78 is 0. The van der Waals surface area contributed by atoms with Crippen molar-refractivity contribution < 1.29 is 9.90 Å². The smallest absolute Gasteiger partial charge is 0.331 e. The highest BCUT2D eigenvalue weighted by molar-refractivity contribution is 6.02. The van der Waals surface area contributed by atoms with Gasteiger partial charge in [-0.15, -0.1) is 0 Å². The minimum Gasteiger partial charge on any atom is -0.478 e. The standard InChI is InChI=1S/C13H15N.C8H10O2/c1-11-7-5-6-10-14-13(11)12-8-3-2-4-9-12;1-6-4-2-3-5-7(6)8(9)10/h2-4,6,8-11H,5,7H2,1H3;2-3,5-6H,4H2,1H3,(H,9,10). The molecular weight excluding hydrogens is 298 g/mol. The van der Waals surface area contributed by atoms with E-state index < -0.39 is 5.97 Å². The van der Waals surface area contributed by atoms with Crippen molar-refractivity contribution in [3.63, 3.8) is 0 Å². The molecular formula is C21H25NO2. The van der Waals surface area contributed by atoms with Crippen molar-refractivity contribution in [2.24, 2.45) is 16.8 Å². The van der Waals surface area contributed by atoms with Crippen LogP contribution in [0.1, 0.15) is 38.7 Å². The van der Waals surface area contributed by atoms with Gasteiger partial charge in [-0.1, -0.05) is 68.5 Å². The zero-order chi connectivity index (χ0) is 17.4. The number of allylic oxidation sites excluding steroid dienone is 4. The second kappa shape index (κ2) is 9.02. The lowest BCUT2D eigenvalue weighted by atomic mass is 9.94. The maximum absolute atomic E-state index is 10.5. The molecule has 1 N–H and O–H groups in total. The largest absolute Gasteiger partial charge is 0.478 e. The van der Waals surface area contributed by atoms with E-state index in [1.807, 2.05) is 25.3 Å². The number of carboxylic acid groups (broad SMARTS) is 1. The van der Waals surface area contributed by atoms with Gasteiger partial charge in [0.05, 0.1) is 5.71 Å². The highest BCUT2D eigenvalue weighted by Crippen LogP contribution is 2.19. The number of carboxylic acids is 1. The fourth-order valence-electron chi connectivity index (χ4n) is 2.81. The number of aliphatic imine (C=N–C) groups is 1. The van der Waals surface area contributed by atoms with Crippen molar-refractivity contribution in [2.75, 3.05) is 0 Å². The van der Waals surface area contributed by atoms with Crippen LogP contribution in [0, 0.1) is 11.8 Å². The Labute approximate surface area is 144 Å². The first-order chi connectivity index (χ1) is 11.6. The van der Waals surface area contributed by atoms with Gasteiger partial charge < -0.3 is 5.11 Å². The molecule has 0 spiro atoms. The Morgan fingerprint density at radius 1 is 1.12 bits per heavy atom. The molecule has 0 radical (unpaired) electrons. The molecule has 24 heavy (non-hydrogen) atoms. The van der Waals surface area contributed by atoms with Crippen molar-refractivity contribution in [1.82, 2.24) is 0 Å². The first-order valence-corrected chi connectivity index (χ1v) is 8.47. The van der Waals surface area contributed by atoms with Crippen LogP contribution in [0.2, 0.25) is 0 Å². The monoisotopic (exact) mass is 323 g/mol. The molecule has 0 amide bonds. The van der Waals surface area contributed by atoms with Gasteiger partial charge in [-0.2, -0.15) is 0 Å². The van der Waals surface area contributed by atoms with Crippen molar-refractivity contribution in [1.29, 1.82) is 0 Å². The summed E-state index contributed by atoms with van der Waals surface area (Å²) in [4.78, 5) is 15.0. The molecule has 2 unspecified atom stereocenters. The highest BCUT2D eigenvalue weighted by Gasteiger charge is 2.15. The van der Waals surface area contributed by atoms with Gasteiger partial charge in [-0.25, -0.2) is 4.79 Å².